The zero-order valence-corrected chi connectivity index (χ0v) is 22.1. The van der Waals surface area contributed by atoms with Crippen LogP contribution in [0.3, 0.4) is 0 Å². The van der Waals surface area contributed by atoms with E-state index >= 15 is 0 Å². The maximum Gasteiger partial charge on any atom is 0.264 e. The third kappa shape index (κ3) is 7.10. The first-order valence-electron chi connectivity index (χ1n) is 12.1. The summed E-state index contributed by atoms with van der Waals surface area (Å²) in [4.78, 5) is 28.1. The third-order valence-corrected chi connectivity index (χ3v) is 7.67. The van der Waals surface area contributed by atoms with Crippen molar-refractivity contribution in [3.05, 3.63) is 90.5 Å². The fourth-order valence-corrected chi connectivity index (χ4v) is 5.19. The molecular weight excluding hydrogens is 490 g/mol. The Morgan fingerprint density at radius 1 is 0.919 bits per heavy atom. The van der Waals surface area contributed by atoms with Crippen LogP contribution >= 0.6 is 0 Å². The molecule has 0 saturated heterocycles. The second-order valence-corrected chi connectivity index (χ2v) is 10.4. The van der Waals surface area contributed by atoms with Crippen molar-refractivity contribution in [3.8, 4) is 5.75 Å². The minimum atomic E-state index is -4.09. The molecule has 0 bridgehead atoms. The van der Waals surface area contributed by atoms with Crippen molar-refractivity contribution in [2.75, 3.05) is 24.5 Å². The Bertz CT molecular complexity index is 1270. The number of rotatable bonds is 12. The Labute approximate surface area is 218 Å². The van der Waals surface area contributed by atoms with E-state index in [1.807, 2.05) is 37.3 Å². The predicted molar refractivity (Wildman–Crippen MR) is 144 cm³/mol. The summed E-state index contributed by atoms with van der Waals surface area (Å²) in [6, 6.07) is 22.9. The summed E-state index contributed by atoms with van der Waals surface area (Å²) in [5.74, 6) is -0.245. The van der Waals surface area contributed by atoms with Gasteiger partial charge in [0.2, 0.25) is 11.8 Å². The molecule has 196 valence electrons. The van der Waals surface area contributed by atoms with Gasteiger partial charge < -0.3 is 15.0 Å². The number of ether oxygens (including phenoxy) is 1. The number of methoxy groups -OCH3 is 1. The Morgan fingerprint density at radius 2 is 1.51 bits per heavy atom. The second kappa shape index (κ2) is 12.9. The van der Waals surface area contributed by atoms with Crippen LogP contribution in [0.25, 0.3) is 0 Å². The van der Waals surface area contributed by atoms with E-state index in [1.54, 1.807) is 49.4 Å². The highest BCUT2D eigenvalue weighted by molar-refractivity contribution is 7.92. The van der Waals surface area contributed by atoms with Crippen molar-refractivity contribution in [3.63, 3.8) is 0 Å². The van der Waals surface area contributed by atoms with Crippen LogP contribution in [0.15, 0.2) is 89.8 Å². The fraction of sp³-hybridized carbons (Fsp3) is 0.286. The van der Waals surface area contributed by atoms with Gasteiger partial charge >= 0.3 is 0 Å². The van der Waals surface area contributed by atoms with Crippen LogP contribution in [0.5, 0.6) is 5.75 Å². The first-order valence-corrected chi connectivity index (χ1v) is 13.5. The zero-order valence-electron chi connectivity index (χ0n) is 21.3. The highest BCUT2D eigenvalue weighted by atomic mass is 32.2. The lowest BCUT2D eigenvalue weighted by atomic mass is 10.1. The number of nitrogens with zero attached hydrogens (tertiary/aromatic N) is 2. The third-order valence-electron chi connectivity index (χ3n) is 5.88. The van der Waals surface area contributed by atoms with Crippen molar-refractivity contribution in [1.29, 1.82) is 0 Å². The normalized spacial score (nSPS) is 11.9. The first kappa shape index (κ1) is 27.7. The van der Waals surface area contributed by atoms with Gasteiger partial charge in [-0.1, -0.05) is 55.5 Å². The van der Waals surface area contributed by atoms with Crippen molar-refractivity contribution in [2.45, 2.75) is 37.8 Å². The summed E-state index contributed by atoms with van der Waals surface area (Å²) in [7, 11) is -2.57. The largest absolute Gasteiger partial charge is 0.497 e. The van der Waals surface area contributed by atoms with Crippen molar-refractivity contribution < 1.29 is 22.7 Å². The van der Waals surface area contributed by atoms with Gasteiger partial charge in [0.05, 0.1) is 17.7 Å². The summed E-state index contributed by atoms with van der Waals surface area (Å²) >= 11 is 0. The number of benzene rings is 3. The molecule has 0 aliphatic carbocycles. The predicted octanol–water partition coefficient (Wildman–Crippen LogP) is 3.83. The van der Waals surface area contributed by atoms with Crippen LogP contribution in [0.1, 0.15) is 25.8 Å². The van der Waals surface area contributed by atoms with E-state index in [0.29, 0.717) is 18.0 Å². The summed E-state index contributed by atoms with van der Waals surface area (Å²) < 4.78 is 33.7. The smallest absolute Gasteiger partial charge is 0.264 e. The standard InChI is InChI=1S/C28H33N3O5S/c1-4-19-29-28(33)22(2)30(20-23-11-7-5-8-12-23)27(32)21-31(24-15-17-25(36-3)18-16-24)37(34,35)26-13-9-6-10-14-26/h5-18,22H,4,19-21H2,1-3H3,(H,29,33). The summed E-state index contributed by atoms with van der Waals surface area (Å²) in [5, 5.41) is 2.83. The van der Waals surface area contributed by atoms with E-state index in [2.05, 4.69) is 5.32 Å². The number of carbonyl (C=O) groups excluding carboxylic acids is 2. The number of hydrogen-bond acceptors (Lipinski definition) is 5. The maximum atomic E-state index is 13.8. The number of sulfonamides is 1. The van der Waals surface area contributed by atoms with Gasteiger partial charge in [0.15, 0.2) is 0 Å². The SMILES string of the molecule is CCCNC(=O)C(C)N(Cc1ccccc1)C(=O)CN(c1ccc(OC)cc1)S(=O)(=O)c1ccccc1. The van der Waals surface area contributed by atoms with E-state index in [1.165, 1.54) is 24.1 Å². The molecule has 0 heterocycles. The number of carbonyl (C=O) groups is 2. The topological polar surface area (TPSA) is 96.0 Å². The fourth-order valence-electron chi connectivity index (χ4n) is 3.76. The first-order chi connectivity index (χ1) is 17.8. The highest BCUT2D eigenvalue weighted by Gasteiger charge is 2.32. The average Bonchev–Trinajstić information content (AvgIpc) is 2.93. The maximum absolute atomic E-state index is 13.8. The van der Waals surface area contributed by atoms with Gasteiger partial charge in [0.1, 0.15) is 18.3 Å². The number of nitrogens with one attached hydrogen (secondary N) is 1. The van der Waals surface area contributed by atoms with E-state index in [-0.39, 0.29) is 17.3 Å². The molecule has 0 aliphatic heterocycles. The quantitative estimate of drug-likeness (QED) is 0.389. The lowest BCUT2D eigenvalue weighted by Crippen LogP contribution is -2.51. The molecule has 8 nitrogen and oxygen atoms in total. The van der Waals surface area contributed by atoms with Crippen molar-refractivity contribution >= 4 is 27.5 Å². The molecule has 0 spiro atoms. The summed E-state index contributed by atoms with van der Waals surface area (Å²) in [5.41, 5.74) is 1.13. The van der Waals surface area contributed by atoms with Crippen molar-refractivity contribution in [2.24, 2.45) is 0 Å². The Kier molecular flexibility index (Phi) is 9.68. The molecule has 37 heavy (non-hydrogen) atoms. The second-order valence-electron chi connectivity index (χ2n) is 8.50. The van der Waals surface area contributed by atoms with Crippen LogP contribution in [0.2, 0.25) is 0 Å². The molecule has 0 aromatic heterocycles. The molecule has 2 amide bonds. The van der Waals surface area contributed by atoms with Crippen LogP contribution in [0, 0.1) is 0 Å². The van der Waals surface area contributed by atoms with Gasteiger partial charge in [-0.2, -0.15) is 0 Å². The Hall–Kier alpha value is -3.85. The van der Waals surface area contributed by atoms with Gasteiger partial charge in [-0.05, 0) is 55.3 Å². The molecule has 1 N–H and O–H groups in total. The van der Waals surface area contributed by atoms with Crippen LogP contribution in [-0.4, -0.2) is 51.4 Å². The molecule has 0 aliphatic rings. The monoisotopic (exact) mass is 523 g/mol. The minimum Gasteiger partial charge on any atom is -0.497 e. The molecule has 3 rings (SSSR count). The number of anilines is 1. The van der Waals surface area contributed by atoms with Gasteiger partial charge in [-0.3, -0.25) is 13.9 Å². The van der Waals surface area contributed by atoms with Crippen LogP contribution in [0.4, 0.5) is 5.69 Å². The molecule has 1 atom stereocenters. The van der Waals surface area contributed by atoms with Crippen LogP contribution in [-0.2, 0) is 26.2 Å². The van der Waals surface area contributed by atoms with E-state index in [0.717, 1.165) is 16.3 Å². The number of hydrogen-bond donors (Lipinski definition) is 1. The molecule has 1 unspecified atom stereocenters. The molecule has 0 radical (unpaired) electrons. The Morgan fingerprint density at radius 3 is 2.08 bits per heavy atom. The van der Waals surface area contributed by atoms with E-state index in [9.17, 15) is 18.0 Å². The van der Waals surface area contributed by atoms with E-state index in [4.69, 9.17) is 4.74 Å². The van der Waals surface area contributed by atoms with E-state index < -0.39 is 28.5 Å². The lowest BCUT2D eigenvalue weighted by molar-refractivity contribution is -0.139. The Balaban J connectivity index is 1.99. The lowest BCUT2D eigenvalue weighted by Gasteiger charge is -2.32. The molecule has 9 heteroatoms. The minimum absolute atomic E-state index is 0.0574. The molecular formula is C28H33N3O5S. The summed E-state index contributed by atoms with van der Waals surface area (Å²) in [6.07, 6.45) is 0.756. The van der Waals surface area contributed by atoms with Gasteiger partial charge in [-0.25, -0.2) is 8.42 Å². The van der Waals surface area contributed by atoms with Crippen molar-refractivity contribution in [1.82, 2.24) is 10.2 Å². The van der Waals surface area contributed by atoms with Gasteiger partial charge in [0, 0.05) is 13.1 Å². The van der Waals surface area contributed by atoms with Gasteiger partial charge in [-0.15, -0.1) is 0 Å². The molecule has 3 aromatic rings. The molecule has 3 aromatic carbocycles. The average molecular weight is 524 g/mol. The molecule has 0 fully saturated rings. The van der Waals surface area contributed by atoms with Gasteiger partial charge in [0.25, 0.3) is 10.0 Å². The van der Waals surface area contributed by atoms with Crippen LogP contribution < -0.4 is 14.4 Å². The number of amides is 2. The zero-order chi connectivity index (χ0) is 26.8. The molecule has 0 saturated carbocycles. The highest BCUT2D eigenvalue weighted by Crippen LogP contribution is 2.26. The summed E-state index contributed by atoms with van der Waals surface area (Å²) in [6.45, 7) is 3.75.